The van der Waals surface area contributed by atoms with E-state index < -0.39 is 10.0 Å². The summed E-state index contributed by atoms with van der Waals surface area (Å²) in [5, 5.41) is 7.59. The van der Waals surface area contributed by atoms with E-state index in [1.165, 1.54) is 4.31 Å². The Morgan fingerprint density at radius 2 is 1.53 bits per heavy atom. The number of amides is 2. The van der Waals surface area contributed by atoms with Crippen LogP contribution in [0.15, 0.2) is 71.6 Å². The van der Waals surface area contributed by atoms with Crippen molar-refractivity contribution in [3.05, 3.63) is 77.9 Å². The average molecular weight is 482 g/mol. The van der Waals surface area contributed by atoms with Crippen LogP contribution in [0.5, 0.6) is 0 Å². The number of nitrogens with zero attached hydrogens (tertiary/aromatic N) is 1. The third kappa shape index (κ3) is 6.01. The second-order valence-corrected chi connectivity index (χ2v) is 9.98. The fourth-order valence-corrected chi connectivity index (χ4v) is 5.34. The summed E-state index contributed by atoms with van der Waals surface area (Å²) in [6.07, 6.45) is 0.187. The van der Waals surface area contributed by atoms with Gasteiger partial charge in [0.05, 0.1) is 23.9 Å². The van der Waals surface area contributed by atoms with Crippen LogP contribution in [-0.2, 0) is 26.0 Å². The number of nitrogens with one attached hydrogen (secondary N) is 2. The molecule has 0 saturated carbocycles. The molecule has 180 valence electrons. The molecular weight excluding hydrogens is 450 g/mol. The number of rotatable bonds is 10. The molecule has 0 aromatic heterocycles. The predicted molar refractivity (Wildman–Crippen MR) is 134 cm³/mol. The highest BCUT2D eigenvalue weighted by Crippen LogP contribution is 2.20. The van der Waals surface area contributed by atoms with Crippen molar-refractivity contribution in [2.75, 3.05) is 19.6 Å². The molecule has 2 N–H and O–H groups in total. The minimum absolute atomic E-state index is 0.137. The van der Waals surface area contributed by atoms with Gasteiger partial charge in [0.25, 0.3) is 0 Å². The SMILES string of the molecule is CCN(CC)S(=O)(=O)c1ccc(C(C)NC(=O)CNC(=O)Cc2cccc3ccccc23)cc1. The van der Waals surface area contributed by atoms with Crippen LogP contribution in [-0.4, -0.2) is 44.2 Å². The Labute approximate surface area is 201 Å². The average Bonchev–Trinajstić information content (AvgIpc) is 2.83. The Kier molecular flexibility index (Phi) is 8.41. The van der Waals surface area contributed by atoms with Crippen LogP contribution in [0.2, 0.25) is 0 Å². The van der Waals surface area contributed by atoms with Crippen molar-refractivity contribution in [3.8, 4) is 0 Å². The highest BCUT2D eigenvalue weighted by Gasteiger charge is 2.21. The molecule has 3 aromatic rings. The van der Waals surface area contributed by atoms with E-state index >= 15 is 0 Å². The summed E-state index contributed by atoms with van der Waals surface area (Å²) >= 11 is 0. The lowest BCUT2D eigenvalue weighted by atomic mass is 10.0. The first-order valence-electron chi connectivity index (χ1n) is 11.4. The lowest BCUT2D eigenvalue weighted by Crippen LogP contribution is -2.38. The van der Waals surface area contributed by atoms with Gasteiger partial charge in [0.15, 0.2) is 0 Å². The van der Waals surface area contributed by atoms with Crippen LogP contribution in [0.25, 0.3) is 10.8 Å². The second-order valence-electron chi connectivity index (χ2n) is 8.04. The molecule has 0 saturated heterocycles. The monoisotopic (exact) mass is 481 g/mol. The van der Waals surface area contributed by atoms with Gasteiger partial charge in [-0.15, -0.1) is 0 Å². The van der Waals surface area contributed by atoms with E-state index in [1.54, 1.807) is 38.1 Å². The number of carbonyl (C=O) groups excluding carboxylic acids is 2. The smallest absolute Gasteiger partial charge is 0.243 e. The van der Waals surface area contributed by atoms with Crippen LogP contribution in [0.3, 0.4) is 0 Å². The van der Waals surface area contributed by atoms with Gasteiger partial charge in [0.2, 0.25) is 21.8 Å². The summed E-state index contributed by atoms with van der Waals surface area (Å²) in [7, 11) is -3.53. The fourth-order valence-electron chi connectivity index (χ4n) is 3.88. The minimum Gasteiger partial charge on any atom is -0.348 e. The number of carbonyl (C=O) groups is 2. The molecule has 3 aromatic carbocycles. The van der Waals surface area contributed by atoms with Gasteiger partial charge in [0, 0.05) is 13.1 Å². The van der Waals surface area contributed by atoms with Gasteiger partial charge in [-0.05, 0) is 41.0 Å². The van der Waals surface area contributed by atoms with Gasteiger partial charge in [-0.3, -0.25) is 9.59 Å². The number of hydrogen-bond donors (Lipinski definition) is 2. The van der Waals surface area contributed by atoms with Crippen molar-refractivity contribution in [2.24, 2.45) is 0 Å². The molecule has 3 rings (SSSR count). The highest BCUT2D eigenvalue weighted by molar-refractivity contribution is 7.89. The number of benzene rings is 3. The van der Waals surface area contributed by atoms with Crippen molar-refractivity contribution < 1.29 is 18.0 Å². The first-order chi connectivity index (χ1) is 16.3. The lowest BCUT2D eigenvalue weighted by molar-refractivity contribution is -0.126. The number of fused-ring (bicyclic) bond motifs is 1. The molecule has 0 radical (unpaired) electrons. The quantitative estimate of drug-likeness (QED) is 0.464. The molecule has 1 unspecified atom stereocenters. The van der Waals surface area contributed by atoms with Gasteiger partial charge >= 0.3 is 0 Å². The predicted octanol–water partition coefficient (Wildman–Crippen LogP) is 3.41. The molecule has 0 aliphatic heterocycles. The maximum absolute atomic E-state index is 12.6. The molecule has 0 spiro atoms. The fraction of sp³-hybridized carbons (Fsp3) is 0.308. The summed E-state index contributed by atoms with van der Waals surface area (Å²) < 4.78 is 26.6. The van der Waals surface area contributed by atoms with Crippen LogP contribution >= 0.6 is 0 Å². The Morgan fingerprint density at radius 3 is 2.21 bits per heavy atom. The number of hydrogen-bond acceptors (Lipinski definition) is 4. The van der Waals surface area contributed by atoms with E-state index in [0.717, 1.165) is 21.9 Å². The van der Waals surface area contributed by atoms with Gasteiger partial charge in [0.1, 0.15) is 0 Å². The number of sulfonamides is 1. The van der Waals surface area contributed by atoms with E-state index in [9.17, 15) is 18.0 Å². The zero-order chi connectivity index (χ0) is 24.7. The maximum Gasteiger partial charge on any atom is 0.243 e. The van der Waals surface area contributed by atoms with Crippen LogP contribution in [0, 0.1) is 0 Å². The largest absolute Gasteiger partial charge is 0.348 e. The molecule has 0 bridgehead atoms. The Balaban J connectivity index is 1.54. The standard InChI is InChI=1S/C26H31N3O4S/c1-4-29(5-2)34(32,33)23-15-13-20(14-16-23)19(3)28-26(31)18-27-25(30)17-22-11-8-10-21-9-6-7-12-24(21)22/h6-16,19H,4-5,17-18H2,1-3H3,(H,27,30)(H,28,31). The van der Waals surface area contributed by atoms with Crippen molar-refractivity contribution in [1.29, 1.82) is 0 Å². The van der Waals surface area contributed by atoms with Crippen molar-refractivity contribution in [2.45, 2.75) is 38.1 Å². The van der Waals surface area contributed by atoms with Crippen molar-refractivity contribution in [1.82, 2.24) is 14.9 Å². The van der Waals surface area contributed by atoms with Crippen molar-refractivity contribution >= 4 is 32.6 Å². The molecule has 2 amide bonds. The molecule has 0 fully saturated rings. The second kappa shape index (κ2) is 11.3. The molecule has 0 aliphatic rings. The van der Waals surface area contributed by atoms with E-state index in [1.807, 2.05) is 49.4 Å². The summed E-state index contributed by atoms with van der Waals surface area (Å²) in [6, 6.07) is 19.8. The highest BCUT2D eigenvalue weighted by atomic mass is 32.2. The van der Waals surface area contributed by atoms with E-state index in [2.05, 4.69) is 10.6 Å². The minimum atomic E-state index is -3.53. The molecule has 0 heterocycles. The van der Waals surface area contributed by atoms with Gasteiger partial charge in [-0.1, -0.05) is 68.4 Å². The Morgan fingerprint density at radius 1 is 0.882 bits per heavy atom. The van der Waals surface area contributed by atoms with Gasteiger partial charge in [-0.2, -0.15) is 4.31 Å². The molecule has 7 nitrogen and oxygen atoms in total. The van der Waals surface area contributed by atoms with Gasteiger partial charge in [-0.25, -0.2) is 8.42 Å². The van der Waals surface area contributed by atoms with Crippen LogP contribution in [0.1, 0.15) is 37.9 Å². The Hall–Kier alpha value is -3.23. The molecular formula is C26H31N3O4S. The topological polar surface area (TPSA) is 95.6 Å². The molecule has 1 atom stereocenters. The zero-order valence-electron chi connectivity index (χ0n) is 19.7. The molecule has 8 heteroatoms. The summed E-state index contributed by atoms with van der Waals surface area (Å²) in [5.41, 5.74) is 1.68. The maximum atomic E-state index is 12.6. The van der Waals surface area contributed by atoms with Gasteiger partial charge < -0.3 is 10.6 Å². The summed E-state index contributed by atoms with van der Waals surface area (Å²) in [6.45, 7) is 6.08. The first-order valence-corrected chi connectivity index (χ1v) is 12.8. The molecule has 34 heavy (non-hydrogen) atoms. The van der Waals surface area contributed by atoms with E-state index in [-0.39, 0.29) is 35.7 Å². The molecule has 0 aliphatic carbocycles. The van der Waals surface area contributed by atoms with E-state index in [4.69, 9.17) is 0 Å². The van der Waals surface area contributed by atoms with E-state index in [0.29, 0.717) is 13.1 Å². The van der Waals surface area contributed by atoms with Crippen LogP contribution < -0.4 is 10.6 Å². The lowest BCUT2D eigenvalue weighted by Gasteiger charge is -2.19. The third-order valence-electron chi connectivity index (χ3n) is 5.78. The summed E-state index contributed by atoms with van der Waals surface area (Å²) in [4.78, 5) is 25.0. The third-order valence-corrected chi connectivity index (χ3v) is 7.84. The van der Waals surface area contributed by atoms with Crippen molar-refractivity contribution in [3.63, 3.8) is 0 Å². The van der Waals surface area contributed by atoms with Crippen LogP contribution in [0.4, 0.5) is 0 Å². The summed E-state index contributed by atoms with van der Waals surface area (Å²) in [5.74, 6) is -0.552. The normalized spacial score (nSPS) is 12.5. The first kappa shape index (κ1) is 25.4. The zero-order valence-corrected chi connectivity index (χ0v) is 20.6. The Bertz CT molecular complexity index is 1250.